The number of carbonyl (C=O) groups is 1. The molecular weight excluding hydrogens is 304 g/mol. The number of aryl methyl sites for hydroxylation is 2. The SMILES string of the molecule is Cc1cc(C(=O)Nc2cccn(Cc3ccccc3)c2=O)c(C)o1. The van der Waals surface area contributed by atoms with Crippen LogP contribution in [-0.2, 0) is 6.54 Å². The van der Waals surface area contributed by atoms with Gasteiger partial charge in [-0.3, -0.25) is 9.59 Å². The van der Waals surface area contributed by atoms with E-state index in [2.05, 4.69) is 5.32 Å². The second-order valence-electron chi connectivity index (χ2n) is 5.62. The summed E-state index contributed by atoms with van der Waals surface area (Å²) in [6.07, 6.45) is 1.71. The predicted octanol–water partition coefficient (Wildman–Crippen LogP) is 3.36. The van der Waals surface area contributed by atoms with Crippen molar-refractivity contribution in [3.05, 3.63) is 87.7 Å². The Hall–Kier alpha value is -3.08. The first-order valence-electron chi connectivity index (χ1n) is 7.66. The number of hydrogen-bond donors (Lipinski definition) is 1. The molecule has 0 radical (unpaired) electrons. The highest BCUT2D eigenvalue weighted by Crippen LogP contribution is 2.15. The van der Waals surface area contributed by atoms with Gasteiger partial charge < -0.3 is 14.3 Å². The number of anilines is 1. The Bertz CT molecular complexity index is 923. The fourth-order valence-corrected chi connectivity index (χ4v) is 2.58. The van der Waals surface area contributed by atoms with Crippen LogP contribution in [0.3, 0.4) is 0 Å². The van der Waals surface area contributed by atoms with Crippen molar-refractivity contribution in [1.29, 1.82) is 0 Å². The Labute approximate surface area is 139 Å². The summed E-state index contributed by atoms with van der Waals surface area (Å²) < 4.78 is 6.93. The zero-order chi connectivity index (χ0) is 17.1. The number of aromatic nitrogens is 1. The normalized spacial score (nSPS) is 10.6. The van der Waals surface area contributed by atoms with Gasteiger partial charge in [-0.25, -0.2) is 0 Å². The lowest BCUT2D eigenvalue weighted by atomic mass is 10.2. The van der Waals surface area contributed by atoms with Gasteiger partial charge >= 0.3 is 0 Å². The zero-order valence-corrected chi connectivity index (χ0v) is 13.6. The topological polar surface area (TPSA) is 64.2 Å². The van der Waals surface area contributed by atoms with Gasteiger partial charge in [0.1, 0.15) is 17.2 Å². The Balaban J connectivity index is 1.84. The minimum atomic E-state index is -0.348. The maximum absolute atomic E-state index is 12.6. The van der Waals surface area contributed by atoms with E-state index in [0.29, 0.717) is 23.6 Å². The van der Waals surface area contributed by atoms with Gasteiger partial charge in [-0.05, 0) is 37.6 Å². The third kappa shape index (κ3) is 3.30. The summed E-state index contributed by atoms with van der Waals surface area (Å²) in [5.41, 5.74) is 1.46. The highest BCUT2D eigenvalue weighted by Gasteiger charge is 2.15. The summed E-state index contributed by atoms with van der Waals surface area (Å²) in [4.78, 5) is 24.9. The Kier molecular flexibility index (Phi) is 4.33. The van der Waals surface area contributed by atoms with Crippen LogP contribution in [0, 0.1) is 13.8 Å². The van der Waals surface area contributed by atoms with Gasteiger partial charge in [0, 0.05) is 6.20 Å². The monoisotopic (exact) mass is 322 g/mol. The lowest BCUT2D eigenvalue weighted by Crippen LogP contribution is -2.25. The first-order chi connectivity index (χ1) is 11.5. The molecule has 2 heterocycles. The minimum absolute atomic E-state index is 0.243. The number of amides is 1. The molecule has 0 aliphatic carbocycles. The number of rotatable bonds is 4. The highest BCUT2D eigenvalue weighted by atomic mass is 16.3. The van der Waals surface area contributed by atoms with Crippen LogP contribution in [0.2, 0.25) is 0 Å². The van der Waals surface area contributed by atoms with Gasteiger partial charge in [0.25, 0.3) is 11.5 Å². The van der Waals surface area contributed by atoms with Crippen molar-refractivity contribution in [1.82, 2.24) is 4.57 Å². The van der Waals surface area contributed by atoms with E-state index in [1.54, 1.807) is 42.8 Å². The molecule has 5 heteroatoms. The van der Waals surface area contributed by atoms with E-state index in [4.69, 9.17) is 4.42 Å². The molecule has 1 N–H and O–H groups in total. The number of benzene rings is 1. The molecule has 3 rings (SSSR count). The van der Waals surface area contributed by atoms with Crippen LogP contribution in [0.4, 0.5) is 5.69 Å². The van der Waals surface area contributed by atoms with Crippen molar-refractivity contribution in [3.63, 3.8) is 0 Å². The van der Waals surface area contributed by atoms with Crippen LogP contribution in [0.25, 0.3) is 0 Å². The van der Waals surface area contributed by atoms with Crippen molar-refractivity contribution < 1.29 is 9.21 Å². The molecule has 0 saturated carbocycles. The average Bonchev–Trinajstić information content (AvgIpc) is 2.91. The van der Waals surface area contributed by atoms with E-state index in [0.717, 1.165) is 5.56 Å². The number of furan rings is 1. The van der Waals surface area contributed by atoms with Crippen molar-refractivity contribution in [3.8, 4) is 0 Å². The highest BCUT2D eigenvalue weighted by molar-refractivity contribution is 6.04. The van der Waals surface area contributed by atoms with Crippen molar-refractivity contribution in [2.24, 2.45) is 0 Å². The zero-order valence-electron chi connectivity index (χ0n) is 13.6. The molecule has 0 fully saturated rings. The first kappa shape index (κ1) is 15.8. The van der Waals surface area contributed by atoms with Gasteiger partial charge in [0.15, 0.2) is 0 Å². The molecule has 0 unspecified atom stereocenters. The van der Waals surface area contributed by atoms with Gasteiger partial charge in [-0.2, -0.15) is 0 Å². The molecule has 122 valence electrons. The summed E-state index contributed by atoms with van der Waals surface area (Å²) in [6.45, 7) is 3.95. The van der Waals surface area contributed by atoms with Gasteiger partial charge in [0.05, 0.1) is 12.1 Å². The fourth-order valence-electron chi connectivity index (χ4n) is 2.58. The van der Waals surface area contributed by atoms with Crippen LogP contribution < -0.4 is 10.9 Å². The molecule has 1 aromatic carbocycles. The van der Waals surface area contributed by atoms with Crippen LogP contribution in [0.1, 0.15) is 27.4 Å². The van der Waals surface area contributed by atoms with E-state index in [1.807, 2.05) is 30.3 Å². The molecule has 0 aliphatic rings. The maximum Gasteiger partial charge on any atom is 0.274 e. The van der Waals surface area contributed by atoms with Gasteiger partial charge in [-0.1, -0.05) is 30.3 Å². The Morgan fingerprint density at radius 3 is 2.54 bits per heavy atom. The van der Waals surface area contributed by atoms with Crippen LogP contribution in [-0.4, -0.2) is 10.5 Å². The first-order valence-corrected chi connectivity index (χ1v) is 7.66. The van der Waals surface area contributed by atoms with Crippen LogP contribution in [0.15, 0.2) is 63.9 Å². The van der Waals surface area contributed by atoms with E-state index < -0.39 is 0 Å². The minimum Gasteiger partial charge on any atom is -0.466 e. The molecule has 0 spiro atoms. The van der Waals surface area contributed by atoms with E-state index >= 15 is 0 Å². The lowest BCUT2D eigenvalue weighted by Gasteiger charge is -2.09. The van der Waals surface area contributed by atoms with Crippen molar-refractivity contribution >= 4 is 11.6 Å². The van der Waals surface area contributed by atoms with Gasteiger partial charge in [-0.15, -0.1) is 0 Å². The molecule has 0 aliphatic heterocycles. The van der Waals surface area contributed by atoms with E-state index in [1.165, 1.54) is 0 Å². The smallest absolute Gasteiger partial charge is 0.274 e. The summed E-state index contributed by atoms with van der Waals surface area (Å²) in [5, 5.41) is 2.67. The number of hydrogen-bond acceptors (Lipinski definition) is 3. The number of nitrogens with one attached hydrogen (secondary N) is 1. The predicted molar refractivity (Wildman–Crippen MR) is 92.4 cm³/mol. The molecule has 0 saturated heterocycles. The van der Waals surface area contributed by atoms with E-state index in [9.17, 15) is 9.59 Å². The standard InChI is InChI=1S/C19H18N2O3/c1-13-11-16(14(2)24-13)18(22)20-17-9-6-10-21(19(17)23)12-15-7-4-3-5-8-15/h3-11H,12H2,1-2H3,(H,20,22). The quantitative estimate of drug-likeness (QED) is 0.801. The Morgan fingerprint density at radius 2 is 1.88 bits per heavy atom. The van der Waals surface area contributed by atoms with Crippen LogP contribution >= 0.6 is 0 Å². The number of carbonyl (C=O) groups excluding carboxylic acids is 1. The molecule has 3 aromatic rings. The summed E-state index contributed by atoms with van der Waals surface area (Å²) in [7, 11) is 0. The van der Waals surface area contributed by atoms with E-state index in [-0.39, 0.29) is 17.2 Å². The number of nitrogens with zero attached hydrogens (tertiary/aromatic N) is 1. The van der Waals surface area contributed by atoms with Crippen molar-refractivity contribution in [2.75, 3.05) is 5.32 Å². The number of pyridine rings is 1. The summed E-state index contributed by atoms with van der Waals surface area (Å²) >= 11 is 0. The fraction of sp³-hybridized carbons (Fsp3) is 0.158. The molecule has 1 amide bonds. The molecule has 5 nitrogen and oxygen atoms in total. The molecule has 0 atom stereocenters. The molecule has 24 heavy (non-hydrogen) atoms. The third-order valence-electron chi connectivity index (χ3n) is 3.75. The summed E-state index contributed by atoms with van der Waals surface area (Å²) in [5.74, 6) is 0.844. The molecule has 0 bridgehead atoms. The average molecular weight is 322 g/mol. The second kappa shape index (κ2) is 6.58. The molecular formula is C19H18N2O3. The molecule has 2 aromatic heterocycles. The largest absolute Gasteiger partial charge is 0.466 e. The third-order valence-corrected chi connectivity index (χ3v) is 3.75. The van der Waals surface area contributed by atoms with Gasteiger partial charge in [0.2, 0.25) is 0 Å². The van der Waals surface area contributed by atoms with Crippen LogP contribution in [0.5, 0.6) is 0 Å². The summed E-state index contributed by atoms with van der Waals surface area (Å²) in [6, 6.07) is 14.7. The van der Waals surface area contributed by atoms with Crippen molar-refractivity contribution in [2.45, 2.75) is 20.4 Å². The lowest BCUT2D eigenvalue weighted by molar-refractivity contribution is 0.102. The maximum atomic E-state index is 12.6. The second-order valence-corrected chi connectivity index (χ2v) is 5.62. The Morgan fingerprint density at radius 1 is 1.12 bits per heavy atom.